The van der Waals surface area contributed by atoms with Gasteiger partial charge >= 0.3 is 0 Å². The number of phenolic OH excluding ortho intramolecular Hbond substituents is 1. The van der Waals surface area contributed by atoms with E-state index in [9.17, 15) is 5.11 Å². The molecule has 2 aromatic carbocycles. The Kier molecular flexibility index (Phi) is 6.62. The van der Waals surface area contributed by atoms with Crippen LogP contribution in [0.5, 0.6) is 11.5 Å². The van der Waals surface area contributed by atoms with Gasteiger partial charge in [-0.05, 0) is 42.3 Å². The molecule has 0 saturated carbocycles. The van der Waals surface area contributed by atoms with E-state index in [0.717, 1.165) is 30.2 Å². The van der Waals surface area contributed by atoms with Gasteiger partial charge in [0.15, 0.2) is 0 Å². The molecule has 0 aliphatic rings. The molecule has 1 unspecified atom stereocenters. The summed E-state index contributed by atoms with van der Waals surface area (Å²) in [6.45, 7) is 3.95. The first kappa shape index (κ1) is 16.7. The third-order valence-electron chi connectivity index (χ3n) is 3.32. The van der Waals surface area contributed by atoms with Crippen LogP contribution in [0, 0.1) is 5.92 Å². The van der Waals surface area contributed by atoms with Crippen molar-refractivity contribution in [2.75, 3.05) is 19.4 Å². The van der Waals surface area contributed by atoms with Crippen molar-refractivity contribution >= 4 is 11.8 Å². The third kappa shape index (κ3) is 5.28. The molecule has 22 heavy (non-hydrogen) atoms. The Morgan fingerprint density at radius 2 is 2.00 bits per heavy atom. The first-order valence-electron chi connectivity index (χ1n) is 7.43. The molecule has 0 aliphatic heterocycles. The summed E-state index contributed by atoms with van der Waals surface area (Å²) < 4.78 is 5.37. The smallest absolute Gasteiger partial charge is 0.132 e. The lowest BCUT2D eigenvalue weighted by molar-refractivity contribution is 0.404. The maximum Gasteiger partial charge on any atom is 0.132 e. The third-order valence-corrected chi connectivity index (χ3v) is 4.71. The zero-order chi connectivity index (χ0) is 15.8. The van der Waals surface area contributed by atoms with Gasteiger partial charge in [0.1, 0.15) is 11.5 Å². The molecule has 0 saturated heterocycles. The lowest BCUT2D eigenvalue weighted by Gasteiger charge is -2.14. The van der Waals surface area contributed by atoms with Crippen molar-refractivity contribution in [2.45, 2.75) is 18.4 Å². The molecule has 0 spiro atoms. The molecule has 0 aromatic heterocycles. The van der Waals surface area contributed by atoms with E-state index in [2.05, 4.69) is 18.3 Å². The zero-order valence-electron chi connectivity index (χ0n) is 13.1. The first-order chi connectivity index (χ1) is 10.7. The molecule has 4 heteroatoms. The number of nitrogens with one attached hydrogen (secondary N) is 1. The highest BCUT2D eigenvalue weighted by Crippen LogP contribution is 2.29. The van der Waals surface area contributed by atoms with Crippen LogP contribution < -0.4 is 10.1 Å². The maximum absolute atomic E-state index is 9.44. The summed E-state index contributed by atoms with van der Waals surface area (Å²) in [4.78, 5) is 1.19. The lowest BCUT2D eigenvalue weighted by atomic mass is 10.2. The molecule has 0 bridgehead atoms. The Morgan fingerprint density at radius 1 is 1.18 bits per heavy atom. The van der Waals surface area contributed by atoms with Crippen molar-refractivity contribution in [3.63, 3.8) is 0 Å². The van der Waals surface area contributed by atoms with Crippen molar-refractivity contribution in [1.29, 1.82) is 0 Å². The zero-order valence-corrected chi connectivity index (χ0v) is 13.9. The molecule has 0 aliphatic carbocycles. The number of ether oxygens (including phenoxy) is 1. The standard InChI is InChI=1S/C18H23NO2S/c1-14(11-19-12-15-6-5-7-16(20)10-15)13-22-18-9-4-3-8-17(18)21-2/h3-10,14,19-20H,11-13H2,1-2H3. The summed E-state index contributed by atoms with van der Waals surface area (Å²) in [5.74, 6) is 2.84. The monoisotopic (exact) mass is 317 g/mol. The van der Waals surface area contributed by atoms with Gasteiger partial charge in [-0.25, -0.2) is 0 Å². The number of hydrogen-bond donors (Lipinski definition) is 2. The minimum absolute atomic E-state index is 0.319. The van der Waals surface area contributed by atoms with E-state index in [1.807, 2.05) is 42.1 Å². The Labute approximate surface area is 136 Å². The van der Waals surface area contributed by atoms with Gasteiger partial charge in [0.25, 0.3) is 0 Å². The van der Waals surface area contributed by atoms with Gasteiger partial charge in [-0.2, -0.15) is 0 Å². The molecular formula is C18H23NO2S. The molecule has 0 fully saturated rings. The lowest BCUT2D eigenvalue weighted by Crippen LogP contribution is -2.22. The first-order valence-corrected chi connectivity index (χ1v) is 8.42. The van der Waals surface area contributed by atoms with E-state index in [1.165, 1.54) is 4.90 Å². The molecule has 118 valence electrons. The fraction of sp³-hybridized carbons (Fsp3) is 0.333. The molecule has 0 amide bonds. The Bertz CT molecular complexity index is 589. The molecule has 2 aromatic rings. The van der Waals surface area contributed by atoms with Crippen LogP contribution in [0.3, 0.4) is 0 Å². The number of hydrogen-bond acceptors (Lipinski definition) is 4. The topological polar surface area (TPSA) is 41.5 Å². The Balaban J connectivity index is 1.73. The number of thioether (sulfide) groups is 1. The average molecular weight is 317 g/mol. The van der Waals surface area contributed by atoms with E-state index in [-0.39, 0.29) is 0 Å². The summed E-state index contributed by atoms with van der Waals surface area (Å²) in [6.07, 6.45) is 0. The van der Waals surface area contributed by atoms with Crippen LogP contribution in [0.25, 0.3) is 0 Å². The highest BCUT2D eigenvalue weighted by molar-refractivity contribution is 7.99. The van der Waals surface area contributed by atoms with Gasteiger partial charge < -0.3 is 15.2 Å². The van der Waals surface area contributed by atoms with Crippen LogP contribution in [0.1, 0.15) is 12.5 Å². The van der Waals surface area contributed by atoms with E-state index in [4.69, 9.17) is 4.74 Å². The molecule has 2 N–H and O–H groups in total. The van der Waals surface area contributed by atoms with Crippen molar-refractivity contribution in [3.8, 4) is 11.5 Å². The Morgan fingerprint density at radius 3 is 2.77 bits per heavy atom. The highest BCUT2D eigenvalue weighted by Gasteiger charge is 2.06. The van der Waals surface area contributed by atoms with Crippen LogP contribution in [0.2, 0.25) is 0 Å². The quantitative estimate of drug-likeness (QED) is 0.724. The summed E-state index contributed by atoms with van der Waals surface area (Å²) in [7, 11) is 1.71. The number of rotatable bonds is 8. The molecular weight excluding hydrogens is 294 g/mol. The number of methoxy groups -OCH3 is 1. The minimum Gasteiger partial charge on any atom is -0.508 e. The summed E-state index contributed by atoms with van der Waals surface area (Å²) in [5.41, 5.74) is 1.10. The second-order valence-corrected chi connectivity index (χ2v) is 6.43. The Hall–Kier alpha value is -1.65. The predicted octanol–water partition coefficient (Wildman–Crippen LogP) is 3.92. The summed E-state index contributed by atoms with van der Waals surface area (Å²) in [5, 5.41) is 12.9. The molecule has 3 nitrogen and oxygen atoms in total. The predicted molar refractivity (Wildman–Crippen MR) is 92.7 cm³/mol. The molecule has 0 radical (unpaired) electrons. The van der Waals surface area contributed by atoms with Crippen molar-refractivity contribution in [1.82, 2.24) is 5.32 Å². The minimum atomic E-state index is 0.319. The fourth-order valence-corrected chi connectivity index (χ4v) is 3.21. The van der Waals surface area contributed by atoms with Crippen molar-refractivity contribution in [2.24, 2.45) is 5.92 Å². The van der Waals surface area contributed by atoms with Crippen LogP contribution in [0.15, 0.2) is 53.4 Å². The van der Waals surface area contributed by atoms with Gasteiger partial charge in [-0.3, -0.25) is 0 Å². The van der Waals surface area contributed by atoms with E-state index < -0.39 is 0 Å². The molecule has 1 atom stereocenters. The average Bonchev–Trinajstić information content (AvgIpc) is 2.53. The number of phenols is 1. The van der Waals surface area contributed by atoms with Crippen LogP contribution in [-0.4, -0.2) is 24.5 Å². The SMILES string of the molecule is COc1ccccc1SCC(C)CNCc1cccc(O)c1. The second kappa shape index (κ2) is 8.71. The highest BCUT2D eigenvalue weighted by atomic mass is 32.2. The number of para-hydroxylation sites is 1. The number of aromatic hydroxyl groups is 1. The normalized spacial score (nSPS) is 12.1. The van der Waals surface area contributed by atoms with E-state index >= 15 is 0 Å². The second-order valence-electron chi connectivity index (χ2n) is 5.37. The van der Waals surface area contributed by atoms with Gasteiger partial charge in [0.05, 0.1) is 7.11 Å². The van der Waals surface area contributed by atoms with E-state index in [1.54, 1.807) is 19.2 Å². The summed E-state index contributed by atoms with van der Waals surface area (Å²) >= 11 is 1.82. The van der Waals surface area contributed by atoms with Crippen LogP contribution in [0.4, 0.5) is 0 Å². The van der Waals surface area contributed by atoms with Crippen molar-refractivity contribution in [3.05, 3.63) is 54.1 Å². The van der Waals surface area contributed by atoms with Gasteiger partial charge in [0, 0.05) is 17.2 Å². The van der Waals surface area contributed by atoms with Gasteiger partial charge in [-0.1, -0.05) is 31.2 Å². The van der Waals surface area contributed by atoms with E-state index in [0.29, 0.717) is 11.7 Å². The largest absolute Gasteiger partial charge is 0.508 e. The van der Waals surface area contributed by atoms with Gasteiger partial charge in [0.2, 0.25) is 0 Å². The van der Waals surface area contributed by atoms with Crippen LogP contribution >= 0.6 is 11.8 Å². The van der Waals surface area contributed by atoms with Crippen LogP contribution in [-0.2, 0) is 6.54 Å². The molecule has 0 heterocycles. The fourth-order valence-electron chi connectivity index (χ4n) is 2.16. The molecule has 2 rings (SSSR count). The number of benzene rings is 2. The maximum atomic E-state index is 9.44. The van der Waals surface area contributed by atoms with Gasteiger partial charge in [-0.15, -0.1) is 11.8 Å². The van der Waals surface area contributed by atoms with Crippen molar-refractivity contribution < 1.29 is 9.84 Å². The summed E-state index contributed by atoms with van der Waals surface area (Å²) in [6, 6.07) is 15.5.